The number of carbonyl (C=O) groups excluding carboxylic acids is 7. The highest BCUT2D eigenvalue weighted by Gasteiger charge is 2.45. The molecule has 0 spiro atoms. The van der Waals surface area contributed by atoms with Crippen LogP contribution in [-0.2, 0) is 23.9 Å². The van der Waals surface area contributed by atoms with Crippen LogP contribution in [0, 0.1) is 17.7 Å². The number of rotatable bonds is 15. The highest BCUT2D eigenvalue weighted by Crippen LogP contribution is 2.33. The van der Waals surface area contributed by atoms with Gasteiger partial charge in [-0.2, -0.15) is 5.10 Å². The molecule has 6 amide bonds. The van der Waals surface area contributed by atoms with Crippen LogP contribution in [0.2, 0.25) is 0 Å². The van der Waals surface area contributed by atoms with Gasteiger partial charge in [0, 0.05) is 74.4 Å². The molecule has 4 atom stereocenters. The number of piperidine rings is 2. The molecule has 21 heteroatoms. The van der Waals surface area contributed by atoms with Crippen LogP contribution in [0.4, 0.5) is 21.6 Å². The fourth-order valence-corrected chi connectivity index (χ4v) is 10.4. The second kappa shape index (κ2) is 20.4. The van der Waals surface area contributed by atoms with Gasteiger partial charge in [-0.25, -0.2) is 19.2 Å². The molecule has 0 bridgehead atoms. The summed E-state index contributed by atoms with van der Waals surface area (Å²) in [5.41, 5.74) is 8.47. The van der Waals surface area contributed by atoms with Crippen molar-refractivity contribution < 1.29 is 42.7 Å². The number of likely N-dealkylation sites (tertiary alicyclic amines) is 3. The summed E-state index contributed by atoms with van der Waals surface area (Å²) in [6.07, 6.45) is 6.63. The van der Waals surface area contributed by atoms with Crippen molar-refractivity contribution in [1.82, 2.24) is 44.7 Å². The highest BCUT2D eigenvalue weighted by molar-refractivity contribution is 6.23. The van der Waals surface area contributed by atoms with Crippen LogP contribution >= 0.6 is 0 Å². The SMILES string of the molecule is Nc1ncc(-c2cnn(C3CCN(CCCN4CC5CN(C(=O)CNc6ccc7c(c6)C(=O)N(C6CCC(=O)NC6=O)C7=O)CC5C4)CC3)c2)nc1C(=O)O[C@@H](C(=O)Nc1ccc(F)cc1)c1ccccc1. The molecule has 5 N–H and O–H groups in total. The Morgan fingerprint density at radius 3 is 2.28 bits per heavy atom. The summed E-state index contributed by atoms with van der Waals surface area (Å²) in [5.74, 6) is -3.70. The zero-order chi connectivity index (χ0) is 50.0. The molecule has 0 aliphatic carbocycles. The van der Waals surface area contributed by atoms with Gasteiger partial charge in [-0.05, 0) is 93.1 Å². The number of anilines is 3. The summed E-state index contributed by atoms with van der Waals surface area (Å²) in [7, 11) is 0. The Morgan fingerprint density at radius 1 is 0.833 bits per heavy atom. The molecule has 72 heavy (non-hydrogen) atoms. The van der Waals surface area contributed by atoms with Crippen molar-refractivity contribution in [2.45, 2.75) is 50.3 Å². The molecule has 4 saturated heterocycles. The summed E-state index contributed by atoms with van der Waals surface area (Å²) in [6.45, 7) is 7.13. The van der Waals surface area contributed by atoms with E-state index in [2.05, 4.69) is 40.8 Å². The van der Waals surface area contributed by atoms with Crippen LogP contribution < -0.4 is 21.7 Å². The summed E-state index contributed by atoms with van der Waals surface area (Å²) < 4.78 is 21.1. The molecule has 7 heterocycles. The molecule has 0 saturated carbocycles. The largest absolute Gasteiger partial charge is 0.442 e. The van der Waals surface area contributed by atoms with Gasteiger partial charge in [0.15, 0.2) is 11.5 Å². The molecule has 20 nitrogen and oxygen atoms in total. The Kier molecular flexibility index (Phi) is 13.6. The van der Waals surface area contributed by atoms with E-state index in [1.165, 1.54) is 42.6 Å². The predicted octanol–water partition coefficient (Wildman–Crippen LogP) is 3.53. The van der Waals surface area contributed by atoms with Gasteiger partial charge >= 0.3 is 5.97 Å². The Hall–Kier alpha value is -7.91. The van der Waals surface area contributed by atoms with Crippen LogP contribution in [0.3, 0.4) is 0 Å². The molecule has 3 aromatic carbocycles. The molecular formula is C51H53FN12O8. The first kappa shape index (κ1) is 47.8. The maximum Gasteiger partial charge on any atom is 0.361 e. The normalized spacial score (nSPS) is 20.8. The Labute approximate surface area is 413 Å². The van der Waals surface area contributed by atoms with Crippen molar-refractivity contribution in [3.05, 3.63) is 120 Å². The number of amides is 6. The van der Waals surface area contributed by atoms with Crippen LogP contribution in [0.25, 0.3) is 11.3 Å². The van der Waals surface area contributed by atoms with E-state index < -0.39 is 53.5 Å². The minimum absolute atomic E-state index is 0.0350. The third-order valence-electron chi connectivity index (χ3n) is 14.2. The van der Waals surface area contributed by atoms with Gasteiger partial charge in [0.1, 0.15) is 11.9 Å². The lowest BCUT2D eigenvalue weighted by molar-refractivity contribution is -0.136. The smallest absolute Gasteiger partial charge is 0.361 e. The number of nitrogens with two attached hydrogens (primary N) is 1. The van der Waals surface area contributed by atoms with E-state index in [-0.39, 0.29) is 54.0 Å². The third-order valence-corrected chi connectivity index (χ3v) is 14.2. The Bertz CT molecular complexity index is 2910. The van der Waals surface area contributed by atoms with E-state index in [0.717, 1.165) is 63.4 Å². The first-order chi connectivity index (χ1) is 34.8. The zero-order valence-electron chi connectivity index (χ0n) is 39.2. The van der Waals surface area contributed by atoms with Gasteiger partial charge in [0.05, 0.1) is 41.8 Å². The number of hydrogen-bond donors (Lipinski definition) is 4. The maximum atomic E-state index is 13.6. The Balaban J connectivity index is 0.651. The fourth-order valence-electron chi connectivity index (χ4n) is 10.4. The summed E-state index contributed by atoms with van der Waals surface area (Å²) in [4.78, 5) is 107. The van der Waals surface area contributed by atoms with E-state index in [9.17, 15) is 38.0 Å². The number of esters is 1. The van der Waals surface area contributed by atoms with Crippen LogP contribution in [0.5, 0.6) is 0 Å². The minimum atomic E-state index is -1.37. The van der Waals surface area contributed by atoms with E-state index in [1.54, 1.807) is 42.6 Å². The lowest BCUT2D eigenvalue weighted by atomic mass is 10.0. The van der Waals surface area contributed by atoms with Crippen molar-refractivity contribution in [1.29, 1.82) is 0 Å². The first-order valence-corrected chi connectivity index (χ1v) is 24.2. The highest BCUT2D eigenvalue weighted by atomic mass is 19.1. The van der Waals surface area contributed by atoms with Crippen molar-refractivity contribution >= 4 is 58.6 Å². The monoisotopic (exact) mass is 980 g/mol. The number of halogens is 1. The van der Waals surface area contributed by atoms with Crippen molar-refractivity contribution in [3.63, 3.8) is 0 Å². The number of fused-ring (bicyclic) bond motifs is 2. The van der Waals surface area contributed by atoms with Gasteiger partial charge in [-0.3, -0.25) is 43.7 Å². The van der Waals surface area contributed by atoms with Crippen molar-refractivity contribution in [3.8, 4) is 11.3 Å². The van der Waals surface area contributed by atoms with Crippen molar-refractivity contribution in [2.24, 2.45) is 11.8 Å². The van der Waals surface area contributed by atoms with E-state index in [0.29, 0.717) is 53.1 Å². The zero-order valence-corrected chi connectivity index (χ0v) is 39.2. The molecule has 4 fully saturated rings. The third kappa shape index (κ3) is 10.2. The summed E-state index contributed by atoms with van der Waals surface area (Å²) in [5, 5.41) is 12.6. The lowest BCUT2D eigenvalue weighted by Crippen LogP contribution is -2.54. The molecule has 5 aliphatic heterocycles. The average molecular weight is 981 g/mol. The number of hydrogen-bond acceptors (Lipinski definition) is 15. The van der Waals surface area contributed by atoms with Crippen LogP contribution in [0.15, 0.2) is 91.4 Å². The molecular weight excluding hydrogens is 928 g/mol. The number of nitrogens with zero attached hydrogens (tertiary/aromatic N) is 8. The van der Waals surface area contributed by atoms with Gasteiger partial charge in [0.25, 0.3) is 17.7 Å². The standard InChI is InChI=1S/C51H53FN12O8/c52-34-7-9-35(10-8-34)57-48(68)45(30-5-2-1-3-6-30)72-51(71)44-46(53)55-23-40(58-44)31-22-56-63(29-31)37-15-19-60(20-16-37)17-4-18-61-25-32-27-62(28-33(32)26-61)43(66)24-54-36-11-12-38-39(21-36)50(70)64(49(38)69)41-13-14-42(65)59-47(41)67/h1-3,5-12,21-23,29,32-33,37,41,45,54H,4,13-20,24-28H2,(H2,53,55)(H,57,68)(H,59,65,67)/t32?,33?,41?,45-/m1/s1. The number of ether oxygens (including phenoxy) is 1. The first-order valence-electron chi connectivity index (χ1n) is 24.2. The molecule has 5 aromatic rings. The molecule has 372 valence electrons. The van der Waals surface area contributed by atoms with Crippen LogP contribution in [-0.4, -0.2) is 146 Å². The molecule has 10 rings (SSSR count). The van der Waals surface area contributed by atoms with E-state index >= 15 is 0 Å². The minimum Gasteiger partial charge on any atom is -0.442 e. The number of nitrogens with one attached hydrogen (secondary N) is 3. The van der Waals surface area contributed by atoms with Gasteiger partial charge in [-0.1, -0.05) is 30.3 Å². The summed E-state index contributed by atoms with van der Waals surface area (Å²) >= 11 is 0. The number of benzene rings is 3. The van der Waals surface area contributed by atoms with Crippen LogP contribution in [0.1, 0.15) is 81.0 Å². The van der Waals surface area contributed by atoms with E-state index in [1.807, 2.05) is 15.8 Å². The quantitative estimate of drug-likeness (QED) is 0.0866. The predicted molar refractivity (Wildman–Crippen MR) is 258 cm³/mol. The average Bonchev–Trinajstić information content (AvgIpc) is 4.17. The van der Waals surface area contributed by atoms with Gasteiger partial charge in [-0.15, -0.1) is 0 Å². The van der Waals surface area contributed by atoms with Gasteiger partial charge in [0.2, 0.25) is 23.8 Å². The Morgan fingerprint density at radius 2 is 1.54 bits per heavy atom. The van der Waals surface area contributed by atoms with Crippen molar-refractivity contribution in [2.75, 3.05) is 75.3 Å². The number of aromatic nitrogens is 4. The lowest BCUT2D eigenvalue weighted by Gasteiger charge is -2.32. The molecule has 3 unspecified atom stereocenters. The summed E-state index contributed by atoms with van der Waals surface area (Å²) in [6, 6.07) is 17.6. The number of imide groups is 2. The molecule has 5 aliphatic rings. The molecule has 0 radical (unpaired) electrons. The maximum absolute atomic E-state index is 13.6. The number of nitrogen functional groups attached to an aromatic ring is 1. The fraction of sp³-hybridized carbons (Fsp3) is 0.373. The van der Waals surface area contributed by atoms with E-state index in [4.69, 9.17) is 10.5 Å². The molecule has 2 aromatic heterocycles. The second-order valence-electron chi connectivity index (χ2n) is 19.0. The van der Waals surface area contributed by atoms with Gasteiger partial charge < -0.3 is 35.8 Å². The topological polar surface area (TPSA) is 247 Å². The number of carbonyl (C=O) groups is 7. The second-order valence-corrected chi connectivity index (χ2v) is 19.0.